The fourth-order valence-corrected chi connectivity index (χ4v) is 3.12. The summed E-state index contributed by atoms with van der Waals surface area (Å²) in [4.78, 5) is 1.45. The van der Waals surface area contributed by atoms with Crippen LogP contribution in [-0.4, -0.2) is 24.8 Å². The molecule has 2 atom stereocenters. The topological polar surface area (TPSA) is 32.3 Å². The van der Waals surface area contributed by atoms with Crippen LogP contribution in [0, 0.1) is 12.8 Å². The van der Waals surface area contributed by atoms with Gasteiger partial charge in [0.2, 0.25) is 0 Å². The van der Waals surface area contributed by atoms with Gasteiger partial charge in [-0.25, -0.2) is 0 Å². The summed E-state index contributed by atoms with van der Waals surface area (Å²) < 4.78 is 0. The lowest BCUT2D eigenvalue weighted by molar-refractivity contribution is 0.227. The third-order valence-corrected chi connectivity index (χ3v) is 3.96. The summed E-state index contributed by atoms with van der Waals surface area (Å²) in [7, 11) is 0. The van der Waals surface area contributed by atoms with Crippen molar-refractivity contribution in [3.05, 3.63) is 21.9 Å². The summed E-state index contributed by atoms with van der Waals surface area (Å²) in [5.74, 6) is 0.947. The number of aliphatic hydroxyl groups is 1. The second-order valence-corrected chi connectivity index (χ2v) is 4.62. The van der Waals surface area contributed by atoms with Crippen molar-refractivity contribution in [2.24, 2.45) is 5.92 Å². The molecule has 0 amide bonds. The Bertz CT molecular complexity index is 284. The maximum atomic E-state index is 9.19. The molecule has 13 heavy (non-hydrogen) atoms. The lowest BCUT2D eigenvalue weighted by atomic mass is 9.93. The molecule has 0 unspecified atom stereocenters. The lowest BCUT2D eigenvalue weighted by Gasteiger charge is -2.15. The number of aryl methyl sites for hydroxylation is 1. The average molecular weight is 197 g/mol. The minimum atomic E-state index is 0.301. The molecule has 2 N–H and O–H groups in total. The molecular weight excluding hydrogens is 182 g/mol. The van der Waals surface area contributed by atoms with Crippen LogP contribution < -0.4 is 5.32 Å². The maximum Gasteiger partial charge on any atom is 0.0478 e. The molecule has 1 aromatic rings. The molecule has 0 aromatic carbocycles. The molecular formula is C10H15NOS. The Kier molecular flexibility index (Phi) is 2.67. The number of hydrogen-bond acceptors (Lipinski definition) is 3. The van der Waals surface area contributed by atoms with Crippen LogP contribution in [0.4, 0.5) is 0 Å². The van der Waals surface area contributed by atoms with E-state index >= 15 is 0 Å². The zero-order valence-corrected chi connectivity index (χ0v) is 8.60. The SMILES string of the molecule is Cc1ccsc1[C@H]1CNC[C@H]1CO. The first kappa shape index (κ1) is 9.19. The molecule has 0 saturated carbocycles. The van der Waals surface area contributed by atoms with Crippen LogP contribution in [0.25, 0.3) is 0 Å². The van der Waals surface area contributed by atoms with E-state index in [1.165, 1.54) is 10.4 Å². The number of rotatable bonds is 2. The van der Waals surface area contributed by atoms with Gasteiger partial charge in [0.1, 0.15) is 0 Å². The van der Waals surface area contributed by atoms with Gasteiger partial charge in [-0.1, -0.05) is 0 Å². The molecule has 3 heteroatoms. The third-order valence-electron chi connectivity index (χ3n) is 2.81. The third kappa shape index (κ3) is 1.64. The first-order valence-electron chi connectivity index (χ1n) is 4.68. The van der Waals surface area contributed by atoms with E-state index in [4.69, 9.17) is 0 Å². The Balaban J connectivity index is 2.20. The molecule has 2 rings (SSSR count). The van der Waals surface area contributed by atoms with E-state index in [0.717, 1.165) is 13.1 Å². The maximum absolute atomic E-state index is 9.19. The van der Waals surface area contributed by atoms with E-state index in [1.807, 2.05) is 11.3 Å². The Hall–Kier alpha value is -0.380. The molecule has 2 nitrogen and oxygen atoms in total. The minimum absolute atomic E-state index is 0.301. The molecule has 1 fully saturated rings. The van der Waals surface area contributed by atoms with Crippen molar-refractivity contribution in [1.29, 1.82) is 0 Å². The van der Waals surface area contributed by atoms with Crippen LogP contribution in [0.3, 0.4) is 0 Å². The van der Waals surface area contributed by atoms with Crippen LogP contribution in [0.1, 0.15) is 16.4 Å². The highest BCUT2D eigenvalue weighted by molar-refractivity contribution is 7.10. The van der Waals surface area contributed by atoms with Crippen molar-refractivity contribution >= 4 is 11.3 Å². The molecule has 0 radical (unpaired) electrons. The minimum Gasteiger partial charge on any atom is -0.396 e. The summed E-state index contributed by atoms with van der Waals surface area (Å²) in [5.41, 5.74) is 1.37. The molecule has 0 spiro atoms. The highest BCUT2D eigenvalue weighted by atomic mass is 32.1. The number of nitrogens with one attached hydrogen (secondary N) is 1. The van der Waals surface area contributed by atoms with E-state index in [-0.39, 0.29) is 0 Å². The standard InChI is InChI=1S/C10H15NOS/c1-7-2-3-13-10(7)9-5-11-4-8(9)6-12/h2-3,8-9,11-12H,4-6H2,1H3/t8-,9-/m0/s1. The van der Waals surface area contributed by atoms with Gasteiger partial charge in [0.15, 0.2) is 0 Å². The smallest absolute Gasteiger partial charge is 0.0478 e. The van der Waals surface area contributed by atoms with Crippen molar-refractivity contribution < 1.29 is 5.11 Å². The lowest BCUT2D eigenvalue weighted by Crippen LogP contribution is -2.14. The first-order valence-corrected chi connectivity index (χ1v) is 5.56. The molecule has 2 heterocycles. The highest BCUT2D eigenvalue weighted by Crippen LogP contribution is 2.33. The highest BCUT2D eigenvalue weighted by Gasteiger charge is 2.29. The predicted molar refractivity (Wildman–Crippen MR) is 55.2 cm³/mol. The number of thiophene rings is 1. The van der Waals surface area contributed by atoms with Gasteiger partial charge >= 0.3 is 0 Å². The fraction of sp³-hybridized carbons (Fsp3) is 0.600. The quantitative estimate of drug-likeness (QED) is 0.750. The van der Waals surface area contributed by atoms with Gasteiger partial charge in [0, 0.05) is 36.4 Å². The van der Waals surface area contributed by atoms with Crippen molar-refractivity contribution in [3.8, 4) is 0 Å². The first-order chi connectivity index (χ1) is 6.33. The summed E-state index contributed by atoms with van der Waals surface area (Å²) >= 11 is 1.81. The predicted octanol–water partition coefficient (Wildman–Crippen LogP) is 1.35. The van der Waals surface area contributed by atoms with Crippen molar-refractivity contribution in [1.82, 2.24) is 5.32 Å². The Morgan fingerprint density at radius 2 is 2.46 bits per heavy atom. The summed E-state index contributed by atoms with van der Waals surface area (Å²) in [6.07, 6.45) is 0. The average Bonchev–Trinajstić information content (AvgIpc) is 2.71. The van der Waals surface area contributed by atoms with Crippen LogP contribution >= 0.6 is 11.3 Å². The van der Waals surface area contributed by atoms with Crippen LogP contribution in [0.15, 0.2) is 11.4 Å². The van der Waals surface area contributed by atoms with Gasteiger partial charge in [0.25, 0.3) is 0 Å². The Morgan fingerprint density at radius 3 is 3.08 bits per heavy atom. The molecule has 1 aliphatic heterocycles. The van der Waals surface area contributed by atoms with E-state index in [9.17, 15) is 5.11 Å². The van der Waals surface area contributed by atoms with E-state index in [1.54, 1.807) is 0 Å². The summed E-state index contributed by atoms with van der Waals surface area (Å²) in [6, 6.07) is 2.16. The van der Waals surface area contributed by atoms with Crippen LogP contribution in [-0.2, 0) is 0 Å². The Morgan fingerprint density at radius 1 is 1.62 bits per heavy atom. The van der Waals surface area contributed by atoms with Gasteiger partial charge in [-0.3, -0.25) is 0 Å². The Labute approximate surface area is 82.6 Å². The van der Waals surface area contributed by atoms with Crippen molar-refractivity contribution in [2.45, 2.75) is 12.8 Å². The summed E-state index contributed by atoms with van der Waals surface area (Å²) in [5, 5.41) is 14.7. The van der Waals surface area contributed by atoms with Crippen LogP contribution in [0.5, 0.6) is 0 Å². The van der Waals surface area contributed by atoms with Crippen molar-refractivity contribution in [2.75, 3.05) is 19.7 Å². The van der Waals surface area contributed by atoms with E-state index in [2.05, 4.69) is 23.7 Å². The van der Waals surface area contributed by atoms with Gasteiger partial charge in [-0.05, 0) is 23.9 Å². The summed E-state index contributed by atoms with van der Waals surface area (Å²) in [6.45, 7) is 4.43. The normalized spacial score (nSPS) is 28.2. The largest absolute Gasteiger partial charge is 0.396 e. The van der Waals surface area contributed by atoms with Crippen LogP contribution in [0.2, 0.25) is 0 Å². The second kappa shape index (κ2) is 3.78. The number of hydrogen-bond donors (Lipinski definition) is 2. The second-order valence-electron chi connectivity index (χ2n) is 3.68. The molecule has 1 aliphatic rings. The van der Waals surface area contributed by atoms with E-state index in [0.29, 0.717) is 18.4 Å². The fourth-order valence-electron chi connectivity index (χ4n) is 2.00. The molecule has 0 bridgehead atoms. The molecule has 0 aliphatic carbocycles. The molecule has 1 saturated heterocycles. The van der Waals surface area contributed by atoms with E-state index < -0.39 is 0 Å². The van der Waals surface area contributed by atoms with Crippen molar-refractivity contribution in [3.63, 3.8) is 0 Å². The van der Waals surface area contributed by atoms with Gasteiger partial charge < -0.3 is 10.4 Å². The van der Waals surface area contributed by atoms with Gasteiger partial charge in [-0.15, -0.1) is 11.3 Å². The van der Waals surface area contributed by atoms with Gasteiger partial charge in [-0.2, -0.15) is 0 Å². The zero-order valence-electron chi connectivity index (χ0n) is 7.79. The molecule has 72 valence electrons. The van der Waals surface area contributed by atoms with Gasteiger partial charge in [0.05, 0.1) is 0 Å². The monoisotopic (exact) mass is 197 g/mol. The molecule has 1 aromatic heterocycles. The number of aliphatic hydroxyl groups excluding tert-OH is 1. The zero-order chi connectivity index (χ0) is 9.26.